The van der Waals surface area contributed by atoms with Gasteiger partial charge in [0.2, 0.25) is 5.91 Å². The minimum Gasteiger partial charge on any atom is -0.465 e. The Hall–Kier alpha value is -1.56. The SMILES string of the molecule is CC.CCOC(=O)CSc1cnc2c(c1)CCC(=O)N2.[HH]. The van der Waals surface area contributed by atoms with E-state index in [-0.39, 0.29) is 19.1 Å². The normalized spacial score (nSPS) is 12.7. The van der Waals surface area contributed by atoms with Crippen molar-refractivity contribution in [2.24, 2.45) is 0 Å². The van der Waals surface area contributed by atoms with Crippen molar-refractivity contribution in [3.63, 3.8) is 0 Å². The Kier molecular flexibility index (Phi) is 7.08. The Morgan fingerprint density at radius 3 is 2.95 bits per heavy atom. The average molecular weight is 298 g/mol. The average Bonchev–Trinajstić information content (AvgIpc) is 2.47. The van der Waals surface area contributed by atoms with E-state index in [1.807, 2.05) is 19.9 Å². The number of thioether (sulfide) groups is 1. The highest BCUT2D eigenvalue weighted by atomic mass is 32.2. The zero-order valence-electron chi connectivity index (χ0n) is 12.1. The van der Waals surface area contributed by atoms with Crippen LogP contribution in [0.25, 0.3) is 0 Å². The van der Waals surface area contributed by atoms with E-state index in [1.54, 1.807) is 13.1 Å². The van der Waals surface area contributed by atoms with Gasteiger partial charge in [-0.3, -0.25) is 9.59 Å². The standard InChI is InChI=1S/C12H14N2O3S.C2H6.H2/c1-2-17-11(16)7-18-9-5-8-3-4-10(15)14-12(8)13-6-9;1-2;/h5-6H,2-4,7H2,1H3,(H,13,14,15);1-2H3;1H. The summed E-state index contributed by atoms with van der Waals surface area (Å²) in [7, 11) is 0. The first kappa shape index (κ1) is 16.5. The third-order valence-corrected chi connectivity index (χ3v) is 3.42. The summed E-state index contributed by atoms with van der Waals surface area (Å²) in [5.41, 5.74) is 1.02. The number of rotatable bonds is 4. The Morgan fingerprint density at radius 1 is 1.50 bits per heavy atom. The molecule has 1 amide bonds. The number of nitrogens with one attached hydrogen (secondary N) is 1. The predicted octanol–water partition coefficient (Wildman–Crippen LogP) is 2.89. The maximum Gasteiger partial charge on any atom is 0.316 e. The Morgan fingerprint density at radius 2 is 2.25 bits per heavy atom. The maximum atomic E-state index is 11.2. The number of nitrogens with zero attached hydrogens (tertiary/aromatic N) is 1. The molecule has 0 aliphatic carbocycles. The summed E-state index contributed by atoms with van der Waals surface area (Å²) < 4.78 is 4.85. The Bertz CT molecular complexity index is 483. The lowest BCUT2D eigenvalue weighted by molar-refractivity contribution is -0.139. The molecule has 1 aromatic rings. The molecule has 0 fully saturated rings. The van der Waals surface area contributed by atoms with E-state index in [2.05, 4.69) is 10.3 Å². The number of anilines is 1. The van der Waals surface area contributed by atoms with Crippen LogP contribution in [0.2, 0.25) is 0 Å². The summed E-state index contributed by atoms with van der Waals surface area (Å²) in [6.07, 6.45) is 2.84. The number of fused-ring (bicyclic) bond motifs is 1. The summed E-state index contributed by atoms with van der Waals surface area (Å²) in [6.45, 7) is 6.18. The number of ether oxygens (including phenoxy) is 1. The molecule has 0 spiro atoms. The third-order valence-electron chi connectivity index (χ3n) is 2.48. The highest BCUT2D eigenvalue weighted by molar-refractivity contribution is 8.00. The molecular formula is C14H22N2O3S. The number of pyridine rings is 1. The molecule has 0 bridgehead atoms. The van der Waals surface area contributed by atoms with Crippen LogP contribution in [0.3, 0.4) is 0 Å². The summed E-state index contributed by atoms with van der Waals surface area (Å²) in [4.78, 5) is 27.5. The minimum absolute atomic E-state index is 0. The summed E-state index contributed by atoms with van der Waals surface area (Å²) in [5, 5.41) is 2.72. The van der Waals surface area contributed by atoms with Gasteiger partial charge in [-0.2, -0.15) is 0 Å². The van der Waals surface area contributed by atoms with E-state index in [0.717, 1.165) is 10.5 Å². The number of carbonyl (C=O) groups is 2. The zero-order valence-corrected chi connectivity index (χ0v) is 12.9. The summed E-state index contributed by atoms with van der Waals surface area (Å²) in [6, 6.07) is 1.96. The molecule has 2 rings (SSSR count). The van der Waals surface area contributed by atoms with Crippen molar-refractivity contribution in [2.75, 3.05) is 17.7 Å². The lowest BCUT2D eigenvalue weighted by Gasteiger charge is -2.15. The van der Waals surface area contributed by atoms with E-state index < -0.39 is 0 Å². The fourth-order valence-electron chi connectivity index (χ4n) is 1.66. The van der Waals surface area contributed by atoms with Gasteiger partial charge in [0.05, 0.1) is 12.4 Å². The Labute approximate surface area is 125 Å². The van der Waals surface area contributed by atoms with Crippen molar-refractivity contribution >= 4 is 29.5 Å². The molecule has 1 aromatic heterocycles. The van der Waals surface area contributed by atoms with E-state index in [9.17, 15) is 9.59 Å². The molecule has 0 radical (unpaired) electrons. The van der Waals surface area contributed by atoms with Gasteiger partial charge in [-0.1, -0.05) is 13.8 Å². The number of aromatic nitrogens is 1. The molecule has 0 saturated heterocycles. The molecule has 1 aliphatic rings. The van der Waals surface area contributed by atoms with Crippen LogP contribution >= 0.6 is 11.8 Å². The Balaban J connectivity index is 0.00000128. The van der Waals surface area contributed by atoms with Crippen molar-refractivity contribution in [1.82, 2.24) is 4.98 Å². The molecule has 1 aliphatic heterocycles. The molecule has 1 N–H and O–H groups in total. The smallest absolute Gasteiger partial charge is 0.316 e. The van der Waals surface area contributed by atoms with Crippen molar-refractivity contribution < 1.29 is 15.8 Å². The van der Waals surface area contributed by atoms with Crippen LogP contribution in [-0.2, 0) is 20.7 Å². The lowest BCUT2D eigenvalue weighted by Crippen LogP contribution is -2.20. The molecule has 0 atom stereocenters. The summed E-state index contributed by atoms with van der Waals surface area (Å²) in [5.74, 6) is 0.683. The second-order valence-electron chi connectivity index (χ2n) is 3.82. The van der Waals surface area contributed by atoms with Gasteiger partial charge >= 0.3 is 5.97 Å². The molecule has 0 aromatic carbocycles. The van der Waals surface area contributed by atoms with Crippen LogP contribution in [0.5, 0.6) is 0 Å². The molecule has 2 heterocycles. The monoisotopic (exact) mass is 298 g/mol. The van der Waals surface area contributed by atoms with Gasteiger partial charge in [-0.15, -0.1) is 11.8 Å². The van der Waals surface area contributed by atoms with E-state index in [1.165, 1.54) is 11.8 Å². The first-order chi connectivity index (χ1) is 9.69. The highest BCUT2D eigenvalue weighted by Gasteiger charge is 2.16. The zero-order chi connectivity index (χ0) is 15.0. The van der Waals surface area contributed by atoms with Crippen LogP contribution in [0.1, 0.15) is 34.2 Å². The quantitative estimate of drug-likeness (QED) is 0.684. The number of carbonyl (C=O) groups excluding carboxylic acids is 2. The number of hydrogen-bond acceptors (Lipinski definition) is 5. The second-order valence-corrected chi connectivity index (χ2v) is 4.87. The fraction of sp³-hybridized carbons (Fsp3) is 0.500. The van der Waals surface area contributed by atoms with Crippen LogP contribution in [0.15, 0.2) is 17.2 Å². The van der Waals surface area contributed by atoms with E-state index in [4.69, 9.17) is 4.74 Å². The first-order valence-corrected chi connectivity index (χ1v) is 7.75. The highest BCUT2D eigenvalue weighted by Crippen LogP contribution is 2.25. The number of hydrogen-bond donors (Lipinski definition) is 1. The molecule has 0 saturated carbocycles. The van der Waals surface area contributed by atoms with Gasteiger partial charge in [0.15, 0.2) is 0 Å². The molecule has 6 heteroatoms. The predicted molar refractivity (Wildman–Crippen MR) is 82.0 cm³/mol. The van der Waals surface area contributed by atoms with Crippen LogP contribution < -0.4 is 5.32 Å². The molecule has 20 heavy (non-hydrogen) atoms. The van der Waals surface area contributed by atoms with Crippen molar-refractivity contribution in [3.05, 3.63) is 17.8 Å². The van der Waals surface area contributed by atoms with Gasteiger partial charge in [-0.05, 0) is 25.0 Å². The largest absolute Gasteiger partial charge is 0.465 e. The van der Waals surface area contributed by atoms with Crippen molar-refractivity contribution in [2.45, 2.75) is 38.5 Å². The van der Waals surface area contributed by atoms with Crippen LogP contribution in [0, 0.1) is 0 Å². The van der Waals surface area contributed by atoms with Gasteiger partial charge < -0.3 is 10.1 Å². The first-order valence-electron chi connectivity index (χ1n) is 6.76. The van der Waals surface area contributed by atoms with Crippen molar-refractivity contribution in [3.8, 4) is 0 Å². The van der Waals surface area contributed by atoms with Gasteiger partial charge in [0, 0.05) is 18.9 Å². The lowest BCUT2D eigenvalue weighted by atomic mass is 10.1. The molecule has 0 unspecified atom stereocenters. The third kappa shape index (κ3) is 4.85. The maximum absolute atomic E-state index is 11.2. The van der Waals surface area contributed by atoms with Gasteiger partial charge in [0.25, 0.3) is 0 Å². The summed E-state index contributed by atoms with van der Waals surface area (Å²) >= 11 is 1.39. The van der Waals surface area contributed by atoms with Gasteiger partial charge in [-0.25, -0.2) is 4.98 Å². The van der Waals surface area contributed by atoms with E-state index in [0.29, 0.717) is 25.3 Å². The van der Waals surface area contributed by atoms with Crippen LogP contribution in [-0.4, -0.2) is 29.2 Å². The minimum atomic E-state index is -0.228. The molecular weight excluding hydrogens is 276 g/mol. The van der Waals surface area contributed by atoms with Gasteiger partial charge in [0.1, 0.15) is 5.82 Å². The van der Waals surface area contributed by atoms with E-state index >= 15 is 0 Å². The number of aryl methyl sites for hydroxylation is 1. The number of amides is 1. The fourth-order valence-corrected chi connectivity index (χ4v) is 2.38. The number of esters is 1. The topological polar surface area (TPSA) is 68.3 Å². The van der Waals surface area contributed by atoms with Crippen LogP contribution in [0.4, 0.5) is 5.82 Å². The molecule has 112 valence electrons. The second kappa shape index (κ2) is 8.58. The van der Waals surface area contributed by atoms with Crippen molar-refractivity contribution in [1.29, 1.82) is 0 Å². The molecule has 5 nitrogen and oxygen atoms in total.